The number of aliphatic carboxylic acids is 1. The molecular weight excluding hydrogens is 230 g/mol. The Morgan fingerprint density at radius 1 is 1.28 bits per heavy atom. The summed E-state index contributed by atoms with van der Waals surface area (Å²) in [7, 11) is 0. The van der Waals surface area contributed by atoms with Gasteiger partial charge < -0.3 is 10.0 Å². The van der Waals surface area contributed by atoms with E-state index in [1.165, 1.54) is 0 Å². The monoisotopic (exact) mass is 253 g/mol. The minimum Gasteiger partial charge on any atom is -0.480 e. The number of hydrogen-bond acceptors (Lipinski definition) is 2. The fourth-order valence-corrected chi connectivity index (χ4v) is 3.55. The van der Waals surface area contributed by atoms with E-state index in [1.54, 1.807) is 4.90 Å². The lowest BCUT2D eigenvalue weighted by atomic mass is 9.94. The molecule has 2 aliphatic rings. The molecule has 4 heteroatoms. The van der Waals surface area contributed by atoms with E-state index in [0.717, 1.165) is 38.5 Å². The van der Waals surface area contributed by atoms with Gasteiger partial charge in [0.1, 0.15) is 6.04 Å². The molecule has 0 bridgehead atoms. The molecule has 1 saturated heterocycles. The highest BCUT2D eigenvalue weighted by Gasteiger charge is 2.49. The molecule has 0 aromatic rings. The number of unbranched alkanes of at least 4 members (excludes halogenated alkanes) is 2. The zero-order chi connectivity index (χ0) is 13.1. The second-order valence-corrected chi connectivity index (χ2v) is 5.64. The smallest absolute Gasteiger partial charge is 0.326 e. The van der Waals surface area contributed by atoms with Crippen molar-refractivity contribution in [3.8, 4) is 0 Å². The van der Waals surface area contributed by atoms with Crippen molar-refractivity contribution in [2.75, 3.05) is 6.54 Å². The molecule has 1 aliphatic carbocycles. The number of nitrogens with zero attached hydrogens (tertiary/aromatic N) is 1. The van der Waals surface area contributed by atoms with E-state index in [9.17, 15) is 14.7 Å². The Bertz CT molecular complexity index is 329. The fourth-order valence-electron chi connectivity index (χ4n) is 3.55. The zero-order valence-electron chi connectivity index (χ0n) is 11.1. The minimum absolute atomic E-state index is 0.0465. The highest BCUT2D eigenvalue weighted by atomic mass is 16.4. The van der Waals surface area contributed by atoms with Gasteiger partial charge in [0.15, 0.2) is 0 Å². The number of rotatable bonds is 5. The predicted octanol–water partition coefficient (Wildman–Crippen LogP) is 2.28. The normalized spacial score (nSPS) is 30.5. The second-order valence-electron chi connectivity index (χ2n) is 5.64. The van der Waals surface area contributed by atoms with Crippen LogP contribution in [0.1, 0.15) is 51.9 Å². The fraction of sp³-hybridized carbons (Fsp3) is 0.857. The number of carboxylic acid groups (broad SMARTS) is 1. The van der Waals surface area contributed by atoms with Gasteiger partial charge in [0, 0.05) is 13.0 Å². The van der Waals surface area contributed by atoms with Gasteiger partial charge in [0.05, 0.1) is 0 Å². The van der Waals surface area contributed by atoms with E-state index in [1.807, 2.05) is 0 Å². The summed E-state index contributed by atoms with van der Waals surface area (Å²) in [5, 5.41) is 9.36. The molecule has 0 radical (unpaired) electrons. The quantitative estimate of drug-likeness (QED) is 0.765. The van der Waals surface area contributed by atoms with Crippen LogP contribution in [0, 0.1) is 11.8 Å². The molecule has 1 heterocycles. The lowest BCUT2D eigenvalue weighted by Crippen LogP contribution is -2.43. The van der Waals surface area contributed by atoms with Gasteiger partial charge in [-0.25, -0.2) is 4.79 Å². The number of amides is 1. The highest BCUT2D eigenvalue weighted by molar-refractivity contribution is 5.84. The van der Waals surface area contributed by atoms with Crippen molar-refractivity contribution in [3.05, 3.63) is 0 Å². The van der Waals surface area contributed by atoms with Crippen LogP contribution in [0.4, 0.5) is 0 Å². The molecule has 0 aromatic heterocycles. The maximum atomic E-state index is 12.1. The maximum Gasteiger partial charge on any atom is 0.326 e. The van der Waals surface area contributed by atoms with E-state index in [-0.39, 0.29) is 11.8 Å². The molecule has 1 saturated carbocycles. The van der Waals surface area contributed by atoms with E-state index in [2.05, 4.69) is 6.92 Å². The van der Waals surface area contributed by atoms with Crippen molar-refractivity contribution < 1.29 is 14.7 Å². The molecule has 2 fully saturated rings. The van der Waals surface area contributed by atoms with Gasteiger partial charge >= 0.3 is 5.97 Å². The predicted molar refractivity (Wildman–Crippen MR) is 68.1 cm³/mol. The number of carbonyl (C=O) groups is 2. The Balaban J connectivity index is 1.98. The first kappa shape index (κ1) is 13.4. The third-order valence-electron chi connectivity index (χ3n) is 4.46. The van der Waals surface area contributed by atoms with E-state index in [4.69, 9.17) is 0 Å². The van der Waals surface area contributed by atoms with Crippen LogP contribution in [-0.2, 0) is 9.59 Å². The first-order valence-corrected chi connectivity index (χ1v) is 7.17. The molecule has 2 rings (SSSR count). The summed E-state index contributed by atoms with van der Waals surface area (Å²) >= 11 is 0. The van der Waals surface area contributed by atoms with Crippen LogP contribution in [0.25, 0.3) is 0 Å². The topological polar surface area (TPSA) is 57.6 Å². The van der Waals surface area contributed by atoms with Crippen LogP contribution in [0.5, 0.6) is 0 Å². The molecule has 18 heavy (non-hydrogen) atoms. The van der Waals surface area contributed by atoms with Gasteiger partial charge in [-0.05, 0) is 31.1 Å². The van der Waals surface area contributed by atoms with Crippen molar-refractivity contribution >= 4 is 11.9 Å². The first-order chi connectivity index (χ1) is 8.65. The Morgan fingerprint density at radius 2 is 2.06 bits per heavy atom. The van der Waals surface area contributed by atoms with Gasteiger partial charge in [0.25, 0.3) is 0 Å². The molecular formula is C14H23NO3. The van der Waals surface area contributed by atoms with Gasteiger partial charge in [-0.1, -0.05) is 26.2 Å². The van der Waals surface area contributed by atoms with E-state index in [0.29, 0.717) is 18.9 Å². The number of fused-ring (bicyclic) bond motifs is 1. The van der Waals surface area contributed by atoms with E-state index >= 15 is 0 Å². The Labute approximate surface area is 108 Å². The number of carbonyl (C=O) groups excluding carboxylic acids is 1. The van der Waals surface area contributed by atoms with Crippen molar-refractivity contribution in [2.45, 2.75) is 57.9 Å². The standard InChI is InChI=1S/C14H23NO3/c1-2-3-4-8-12(16)15-9-10-6-5-7-11(10)13(15)14(17)18/h10-11,13H,2-9H2,1H3,(H,17,18). The number of carboxylic acids is 1. The minimum atomic E-state index is -0.812. The van der Waals surface area contributed by atoms with Crippen molar-refractivity contribution in [1.29, 1.82) is 0 Å². The lowest BCUT2D eigenvalue weighted by molar-refractivity contribution is -0.149. The van der Waals surface area contributed by atoms with Crippen molar-refractivity contribution in [3.63, 3.8) is 0 Å². The summed E-state index contributed by atoms with van der Waals surface area (Å²) in [6.07, 6.45) is 6.71. The second kappa shape index (κ2) is 5.72. The molecule has 3 unspecified atom stereocenters. The average molecular weight is 253 g/mol. The van der Waals surface area contributed by atoms with Crippen LogP contribution in [-0.4, -0.2) is 34.5 Å². The molecule has 1 aliphatic heterocycles. The Kier molecular flexibility index (Phi) is 4.25. The van der Waals surface area contributed by atoms with Gasteiger partial charge in [-0.3, -0.25) is 4.79 Å². The Morgan fingerprint density at radius 3 is 2.72 bits per heavy atom. The molecule has 3 atom stereocenters. The maximum absolute atomic E-state index is 12.1. The zero-order valence-corrected chi connectivity index (χ0v) is 11.1. The highest BCUT2D eigenvalue weighted by Crippen LogP contribution is 2.42. The lowest BCUT2D eigenvalue weighted by Gasteiger charge is -2.24. The van der Waals surface area contributed by atoms with Crippen molar-refractivity contribution in [2.24, 2.45) is 11.8 Å². The summed E-state index contributed by atoms with van der Waals surface area (Å²) in [4.78, 5) is 25.2. The molecule has 0 spiro atoms. The van der Waals surface area contributed by atoms with Crippen LogP contribution in [0.3, 0.4) is 0 Å². The molecule has 102 valence electrons. The molecule has 0 aromatic carbocycles. The SMILES string of the molecule is CCCCCC(=O)N1CC2CCCC2C1C(=O)O. The molecule has 1 amide bonds. The Hall–Kier alpha value is -1.06. The van der Waals surface area contributed by atoms with Crippen LogP contribution in [0.15, 0.2) is 0 Å². The summed E-state index contributed by atoms with van der Waals surface area (Å²) in [6, 6.07) is -0.549. The number of likely N-dealkylation sites (tertiary alicyclic amines) is 1. The third kappa shape index (κ3) is 2.52. The summed E-state index contributed by atoms with van der Waals surface area (Å²) in [6.45, 7) is 2.78. The van der Waals surface area contributed by atoms with Gasteiger partial charge in [-0.2, -0.15) is 0 Å². The average Bonchev–Trinajstić information content (AvgIpc) is 2.87. The number of hydrogen-bond donors (Lipinski definition) is 1. The molecule has 4 nitrogen and oxygen atoms in total. The summed E-state index contributed by atoms with van der Waals surface area (Å²) in [5.74, 6) is -0.127. The van der Waals surface area contributed by atoms with Crippen LogP contribution < -0.4 is 0 Å². The van der Waals surface area contributed by atoms with Crippen LogP contribution >= 0.6 is 0 Å². The van der Waals surface area contributed by atoms with Crippen molar-refractivity contribution in [1.82, 2.24) is 4.90 Å². The summed E-state index contributed by atoms with van der Waals surface area (Å²) < 4.78 is 0. The summed E-state index contributed by atoms with van der Waals surface area (Å²) in [5.41, 5.74) is 0. The van der Waals surface area contributed by atoms with Crippen LogP contribution in [0.2, 0.25) is 0 Å². The van der Waals surface area contributed by atoms with Gasteiger partial charge in [0.2, 0.25) is 5.91 Å². The van der Waals surface area contributed by atoms with Gasteiger partial charge in [-0.15, -0.1) is 0 Å². The first-order valence-electron chi connectivity index (χ1n) is 7.17. The largest absolute Gasteiger partial charge is 0.480 e. The molecule has 1 N–H and O–H groups in total. The van der Waals surface area contributed by atoms with E-state index < -0.39 is 12.0 Å². The third-order valence-corrected chi connectivity index (χ3v) is 4.46.